The van der Waals surface area contributed by atoms with Gasteiger partial charge in [0.1, 0.15) is 12.8 Å². The Bertz CT molecular complexity index is 841. The Hall–Kier alpha value is -1.48. The molecular formula is C21H26F2O6. The molecule has 8 heteroatoms. The SMILES string of the molecule is CC12C[C@H](O)[C@@]3(F)[C@@H](C[C@H](F)C4=CC(=O)C=C[C@@]43C)[C@@H]1C[C@@H](O)[C@]2(O)C(=O)CO. The van der Waals surface area contributed by atoms with Crippen molar-refractivity contribution < 1.29 is 38.8 Å². The highest BCUT2D eigenvalue weighted by atomic mass is 19.1. The quantitative estimate of drug-likeness (QED) is 0.527. The number of hydrogen-bond acceptors (Lipinski definition) is 6. The number of allylic oxidation sites excluding steroid dienone is 4. The van der Waals surface area contributed by atoms with Gasteiger partial charge in [-0.1, -0.05) is 13.0 Å². The minimum absolute atomic E-state index is 0.0216. The highest BCUT2D eigenvalue weighted by Gasteiger charge is 2.77. The number of alkyl halides is 2. The zero-order valence-electron chi connectivity index (χ0n) is 16.3. The van der Waals surface area contributed by atoms with Crippen LogP contribution in [0.15, 0.2) is 23.8 Å². The molecule has 4 rings (SSSR count). The Morgan fingerprint density at radius 1 is 1.21 bits per heavy atom. The standard InChI is InChI=1S/C21H26F2O6/c1-18-4-3-10(25)5-13(18)14(22)6-12-11-7-15(26)21(29,17(28)9-24)19(11,2)8-16(27)20(12,18)23/h3-5,11-12,14-16,24,26-27,29H,6-9H2,1-2H3/t11-,12-,14-,15+,16-,18-,19?,20-,21-/m0/s1. The monoisotopic (exact) mass is 412 g/mol. The lowest BCUT2D eigenvalue weighted by molar-refractivity contribution is -0.226. The fourth-order valence-electron chi connectivity index (χ4n) is 6.84. The second-order valence-electron chi connectivity index (χ2n) is 9.46. The molecule has 160 valence electrons. The Morgan fingerprint density at radius 3 is 2.48 bits per heavy atom. The van der Waals surface area contributed by atoms with Gasteiger partial charge in [0.05, 0.1) is 12.2 Å². The summed E-state index contributed by atoms with van der Waals surface area (Å²) in [5.41, 5.74) is -7.76. The number of fused-ring (bicyclic) bond motifs is 5. The molecule has 0 aromatic heterocycles. The molecule has 4 N–H and O–H groups in total. The number of carbonyl (C=O) groups is 2. The van der Waals surface area contributed by atoms with Crippen molar-refractivity contribution in [2.24, 2.45) is 22.7 Å². The van der Waals surface area contributed by atoms with Crippen molar-refractivity contribution in [2.45, 2.75) is 62.8 Å². The summed E-state index contributed by atoms with van der Waals surface area (Å²) in [6.07, 6.45) is -2.21. The molecule has 3 saturated carbocycles. The van der Waals surface area contributed by atoms with Crippen LogP contribution in [0.5, 0.6) is 0 Å². The van der Waals surface area contributed by atoms with Gasteiger partial charge < -0.3 is 20.4 Å². The van der Waals surface area contributed by atoms with Gasteiger partial charge in [-0.3, -0.25) is 9.59 Å². The molecular weight excluding hydrogens is 386 g/mol. The summed E-state index contributed by atoms with van der Waals surface area (Å²) in [5.74, 6) is -3.37. The number of carbonyl (C=O) groups excluding carboxylic acids is 2. The lowest BCUT2D eigenvalue weighted by Crippen LogP contribution is -2.70. The molecule has 9 atom stereocenters. The molecule has 0 bridgehead atoms. The van der Waals surface area contributed by atoms with Crippen LogP contribution in [0, 0.1) is 22.7 Å². The third-order valence-electron chi connectivity index (χ3n) is 8.42. The smallest absolute Gasteiger partial charge is 0.192 e. The summed E-state index contributed by atoms with van der Waals surface area (Å²) in [6.45, 7) is 1.91. The van der Waals surface area contributed by atoms with E-state index in [0.29, 0.717) is 0 Å². The molecule has 0 aromatic rings. The number of rotatable bonds is 2. The van der Waals surface area contributed by atoms with Gasteiger partial charge in [0, 0.05) is 16.7 Å². The number of halogens is 2. The van der Waals surface area contributed by atoms with E-state index in [2.05, 4.69) is 0 Å². The van der Waals surface area contributed by atoms with Crippen LogP contribution >= 0.6 is 0 Å². The summed E-state index contributed by atoms with van der Waals surface area (Å²) < 4.78 is 32.0. The lowest BCUT2D eigenvalue weighted by atomic mass is 9.44. The Morgan fingerprint density at radius 2 is 1.86 bits per heavy atom. The predicted octanol–water partition coefficient (Wildman–Crippen LogP) is 0.568. The van der Waals surface area contributed by atoms with Crippen LogP contribution in [-0.2, 0) is 9.59 Å². The number of hydrogen-bond donors (Lipinski definition) is 4. The van der Waals surface area contributed by atoms with Gasteiger partial charge in [-0.15, -0.1) is 0 Å². The van der Waals surface area contributed by atoms with E-state index in [9.17, 15) is 30.0 Å². The van der Waals surface area contributed by atoms with Gasteiger partial charge in [0.15, 0.2) is 22.8 Å². The van der Waals surface area contributed by atoms with Crippen molar-refractivity contribution in [3.8, 4) is 0 Å². The topological polar surface area (TPSA) is 115 Å². The molecule has 4 aliphatic carbocycles. The molecule has 6 nitrogen and oxygen atoms in total. The van der Waals surface area contributed by atoms with Crippen molar-refractivity contribution in [1.82, 2.24) is 0 Å². The lowest BCUT2D eigenvalue weighted by Gasteiger charge is -2.62. The van der Waals surface area contributed by atoms with Crippen molar-refractivity contribution in [3.05, 3.63) is 23.8 Å². The van der Waals surface area contributed by atoms with Crippen LogP contribution < -0.4 is 0 Å². The largest absolute Gasteiger partial charge is 0.390 e. The van der Waals surface area contributed by atoms with E-state index in [1.165, 1.54) is 19.9 Å². The molecule has 0 aliphatic heterocycles. The van der Waals surface area contributed by atoms with E-state index in [1.807, 2.05) is 0 Å². The molecule has 0 amide bonds. The average Bonchev–Trinajstić information content (AvgIpc) is 2.86. The maximum absolute atomic E-state index is 16.8. The van der Waals surface area contributed by atoms with Crippen LogP contribution in [0.4, 0.5) is 8.78 Å². The number of aliphatic hydroxyl groups excluding tert-OH is 3. The summed E-state index contributed by atoms with van der Waals surface area (Å²) in [6, 6.07) is 0. The second kappa shape index (κ2) is 6.03. The summed E-state index contributed by atoms with van der Waals surface area (Å²) in [5, 5.41) is 42.0. The van der Waals surface area contributed by atoms with Crippen molar-refractivity contribution in [1.29, 1.82) is 0 Å². The Kier molecular flexibility index (Phi) is 4.32. The number of Topliss-reactive ketones (excluding diaryl/α,β-unsaturated/α-hetero) is 1. The summed E-state index contributed by atoms with van der Waals surface area (Å²) >= 11 is 0. The van der Waals surface area contributed by atoms with Crippen LogP contribution in [0.3, 0.4) is 0 Å². The molecule has 4 aliphatic rings. The van der Waals surface area contributed by atoms with E-state index < -0.39 is 70.5 Å². The summed E-state index contributed by atoms with van der Waals surface area (Å²) in [4.78, 5) is 24.2. The second-order valence-corrected chi connectivity index (χ2v) is 9.46. The van der Waals surface area contributed by atoms with E-state index >= 15 is 8.78 Å². The summed E-state index contributed by atoms with van der Waals surface area (Å²) in [7, 11) is 0. The van der Waals surface area contributed by atoms with Crippen LogP contribution in [-0.4, -0.2) is 68.2 Å². The zero-order valence-corrected chi connectivity index (χ0v) is 16.3. The van der Waals surface area contributed by atoms with Gasteiger partial charge >= 0.3 is 0 Å². The van der Waals surface area contributed by atoms with Gasteiger partial charge in [0.2, 0.25) is 0 Å². The fourth-order valence-corrected chi connectivity index (χ4v) is 6.84. The molecule has 0 radical (unpaired) electrons. The van der Waals surface area contributed by atoms with Gasteiger partial charge in [-0.05, 0) is 49.8 Å². The average molecular weight is 412 g/mol. The number of aliphatic hydroxyl groups is 4. The van der Waals surface area contributed by atoms with Gasteiger partial charge in [0.25, 0.3) is 0 Å². The first-order chi connectivity index (χ1) is 13.4. The van der Waals surface area contributed by atoms with Crippen LogP contribution in [0.2, 0.25) is 0 Å². The minimum atomic E-state index is -2.37. The normalized spacial score (nSPS) is 53.7. The molecule has 29 heavy (non-hydrogen) atoms. The van der Waals surface area contributed by atoms with E-state index in [-0.39, 0.29) is 24.8 Å². The van der Waals surface area contributed by atoms with E-state index in [1.54, 1.807) is 0 Å². The maximum atomic E-state index is 16.8. The third kappa shape index (κ3) is 2.18. The maximum Gasteiger partial charge on any atom is 0.192 e. The first-order valence-electron chi connectivity index (χ1n) is 9.88. The highest BCUT2D eigenvalue weighted by Crippen LogP contribution is 2.69. The first kappa shape index (κ1) is 20.8. The molecule has 3 fully saturated rings. The zero-order chi connectivity index (χ0) is 21.6. The van der Waals surface area contributed by atoms with Crippen molar-refractivity contribution in [2.75, 3.05) is 6.61 Å². The van der Waals surface area contributed by atoms with Crippen molar-refractivity contribution >= 4 is 11.6 Å². The van der Waals surface area contributed by atoms with Crippen molar-refractivity contribution in [3.63, 3.8) is 0 Å². The van der Waals surface area contributed by atoms with Gasteiger partial charge in [-0.25, -0.2) is 8.78 Å². The molecule has 0 aromatic carbocycles. The molecule has 1 unspecified atom stereocenters. The molecule has 0 spiro atoms. The van der Waals surface area contributed by atoms with Crippen LogP contribution in [0.1, 0.15) is 33.1 Å². The molecule has 0 heterocycles. The van der Waals surface area contributed by atoms with Crippen LogP contribution in [0.25, 0.3) is 0 Å². The number of ketones is 2. The van der Waals surface area contributed by atoms with E-state index in [4.69, 9.17) is 0 Å². The minimum Gasteiger partial charge on any atom is -0.390 e. The molecule has 0 saturated heterocycles. The Balaban J connectivity index is 1.87. The van der Waals surface area contributed by atoms with Gasteiger partial charge in [-0.2, -0.15) is 0 Å². The predicted molar refractivity (Wildman–Crippen MR) is 97.1 cm³/mol. The van der Waals surface area contributed by atoms with E-state index in [0.717, 1.165) is 12.2 Å². The highest BCUT2D eigenvalue weighted by molar-refractivity contribution is 6.01. The Labute approximate surface area is 166 Å². The first-order valence-corrected chi connectivity index (χ1v) is 9.88. The third-order valence-corrected chi connectivity index (χ3v) is 8.42. The fraction of sp³-hybridized carbons (Fsp3) is 0.714.